The van der Waals surface area contributed by atoms with Gasteiger partial charge in [0.25, 0.3) is 5.69 Å². The summed E-state index contributed by atoms with van der Waals surface area (Å²) in [4.78, 5) is 14.4. The molecule has 0 aliphatic rings. The number of nitro benzene ring substituents is 1. The maximum absolute atomic E-state index is 13.2. The van der Waals surface area contributed by atoms with Gasteiger partial charge in [0.05, 0.1) is 33.3 Å². The average molecular weight is 302 g/mol. The number of halogens is 2. The second-order valence-electron chi connectivity index (χ2n) is 3.75. The lowest BCUT2D eigenvalue weighted by molar-refractivity contribution is -0.384. The zero-order chi connectivity index (χ0) is 14.0. The van der Waals surface area contributed by atoms with Gasteiger partial charge in [0.2, 0.25) is 0 Å². The zero-order valence-corrected chi connectivity index (χ0v) is 11.4. The summed E-state index contributed by atoms with van der Waals surface area (Å²) in [5, 5.41) is 16.3. The largest absolute Gasteiger partial charge is 0.374 e. The molecule has 1 N–H and O–H groups in total. The second kappa shape index (κ2) is 5.50. The number of hydrogen-bond acceptors (Lipinski definition) is 5. The fraction of sp³-hybridized carbons (Fsp3) is 0.182. The molecule has 0 fully saturated rings. The Kier molecular flexibility index (Phi) is 3.96. The van der Waals surface area contributed by atoms with Gasteiger partial charge in [-0.1, -0.05) is 11.6 Å². The van der Waals surface area contributed by atoms with Crippen molar-refractivity contribution in [1.29, 1.82) is 0 Å². The van der Waals surface area contributed by atoms with E-state index in [1.54, 1.807) is 0 Å². The molecule has 0 saturated heterocycles. The van der Waals surface area contributed by atoms with Gasteiger partial charge >= 0.3 is 0 Å². The predicted molar refractivity (Wildman–Crippen MR) is 72.2 cm³/mol. The molecule has 0 spiro atoms. The molecule has 1 aromatic carbocycles. The molecule has 0 unspecified atom stereocenters. The molecule has 0 aliphatic carbocycles. The lowest BCUT2D eigenvalue weighted by Gasteiger charge is -2.06. The lowest BCUT2D eigenvalue weighted by Crippen LogP contribution is -2.03. The second-order valence-corrected chi connectivity index (χ2v) is 5.22. The molecular weight excluding hydrogens is 293 g/mol. The van der Waals surface area contributed by atoms with Gasteiger partial charge in [-0.05, 0) is 13.0 Å². The van der Waals surface area contributed by atoms with Crippen molar-refractivity contribution in [2.75, 3.05) is 5.32 Å². The number of anilines is 1. The van der Waals surface area contributed by atoms with Crippen molar-refractivity contribution in [3.8, 4) is 0 Å². The van der Waals surface area contributed by atoms with E-state index in [0.29, 0.717) is 6.54 Å². The Labute approximate surface area is 117 Å². The first-order valence-electron chi connectivity index (χ1n) is 5.25. The number of hydrogen-bond donors (Lipinski definition) is 1. The smallest absolute Gasteiger partial charge is 0.295 e. The summed E-state index contributed by atoms with van der Waals surface area (Å²) in [5.41, 5.74) is 0.577. The fourth-order valence-electron chi connectivity index (χ4n) is 1.50. The van der Waals surface area contributed by atoms with E-state index in [4.69, 9.17) is 11.6 Å². The van der Waals surface area contributed by atoms with Gasteiger partial charge in [-0.15, -0.1) is 11.3 Å². The molecule has 0 atom stereocenters. The van der Waals surface area contributed by atoms with Crippen LogP contribution in [0.5, 0.6) is 0 Å². The van der Waals surface area contributed by atoms with Gasteiger partial charge in [0.1, 0.15) is 11.5 Å². The van der Waals surface area contributed by atoms with Crippen LogP contribution in [0.3, 0.4) is 0 Å². The van der Waals surface area contributed by atoms with E-state index < -0.39 is 10.7 Å². The first kappa shape index (κ1) is 13.7. The summed E-state index contributed by atoms with van der Waals surface area (Å²) < 4.78 is 13.2. The van der Waals surface area contributed by atoms with Crippen LogP contribution in [-0.4, -0.2) is 9.91 Å². The van der Waals surface area contributed by atoms with Crippen molar-refractivity contribution in [2.24, 2.45) is 0 Å². The molecule has 0 radical (unpaired) electrons. The highest BCUT2D eigenvalue weighted by molar-refractivity contribution is 7.09. The molecule has 1 heterocycles. The van der Waals surface area contributed by atoms with E-state index in [0.717, 1.165) is 16.8 Å². The number of nitrogens with zero attached hydrogens (tertiary/aromatic N) is 2. The Bertz CT molecular complexity index is 632. The normalized spacial score (nSPS) is 10.5. The van der Waals surface area contributed by atoms with Crippen molar-refractivity contribution >= 4 is 34.3 Å². The maximum atomic E-state index is 13.2. The van der Waals surface area contributed by atoms with Gasteiger partial charge in [0, 0.05) is 5.38 Å². The third-order valence-electron chi connectivity index (χ3n) is 2.36. The molecular formula is C11H9ClFN3O2S. The summed E-state index contributed by atoms with van der Waals surface area (Å²) in [6, 6.07) is 2.01. The first-order chi connectivity index (χ1) is 8.97. The highest BCUT2D eigenvalue weighted by atomic mass is 35.5. The number of rotatable bonds is 4. The van der Waals surface area contributed by atoms with Gasteiger partial charge < -0.3 is 5.32 Å². The molecule has 0 amide bonds. The Balaban J connectivity index is 2.23. The fourth-order valence-corrected chi connectivity index (χ4v) is 2.28. The van der Waals surface area contributed by atoms with Gasteiger partial charge in [-0.25, -0.2) is 9.37 Å². The van der Waals surface area contributed by atoms with E-state index in [1.165, 1.54) is 17.4 Å². The quantitative estimate of drug-likeness (QED) is 0.689. The van der Waals surface area contributed by atoms with Crippen LogP contribution < -0.4 is 5.32 Å². The van der Waals surface area contributed by atoms with Crippen LogP contribution in [0.15, 0.2) is 17.5 Å². The average Bonchev–Trinajstić information content (AvgIpc) is 2.76. The van der Waals surface area contributed by atoms with Crippen LogP contribution in [0.2, 0.25) is 5.02 Å². The van der Waals surface area contributed by atoms with Crippen LogP contribution in [0, 0.1) is 22.9 Å². The molecule has 0 bridgehead atoms. The van der Waals surface area contributed by atoms with Crippen LogP contribution in [-0.2, 0) is 6.54 Å². The third kappa shape index (κ3) is 3.18. The summed E-state index contributed by atoms with van der Waals surface area (Å²) in [6.07, 6.45) is 0. The van der Waals surface area contributed by atoms with E-state index in [-0.39, 0.29) is 16.4 Å². The van der Waals surface area contributed by atoms with Gasteiger partial charge in [-0.3, -0.25) is 10.1 Å². The highest BCUT2D eigenvalue weighted by Crippen LogP contribution is 2.30. The zero-order valence-electron chi connectivity index (χ0n) is 9.81. The van der Waals surface area contributed by atoms with Gasteiger partial charge in [0.15, 0.2) is 0 Å². The van der Waals surface area contributed by atoms with Crippen molar-refractivity contribution in [1.82, 2.24) is 4.98 Å². The molecule has 2 rings (SSSR count). The molecule has 1 aromatic heterocycles. The number of aryl methyl sites for hydroxylation is 1. The van der Waals surface area contributed by atoms with Crippen LogP contribution in [0.25, 0.3) is 0 Å². The topological polar surface area (TPSA) is 68.1 Å². The Morgan fingerprint density at radius 2 is 2.32 bits per heavy atom. The SMILES string of the molecule is Cc1nc(CNc2cc(Cl)c(F)cc2[N+](=O)[O-])cs1. The monoisotopic (exact) mass is 301 g/mol. The summed E-state index contributed by atoms with van der Waals surface area (Å²) in [6.45, 7) is 2.18. The van der Waals surface area contributed by atoms with Crippen LogP contribution >= 0.6 is 22.9 Å². The van der Waals surface area contributed by atoms with E-state index in [1.807, 2.05) is 12.3 Å². The summed E-state index contributed by atoms with van der Waals surface area (Å²) in [7, 11) is 0. The minimum atomic E-state index is -0.816. The third-order valence-corrected chi connectivity index (χ3v) is 3.47. The van der Waals surface area contributed by atoms with Crippen molar-refractivity contribution < 1.29 is 9.31 Å². The number of benzene rings is 1. The molecule has 100 valence electrons. The summed E-state index contributed by atoms with van der Waals surface area (Å²) in [5.74, 6) is -0.816. The number of aromatic nitrogens is 1. The van der Waals surface area contributed by atoms with E-state index >= 15 is 0 Å². The molecule has 2 aromatic rings. The summed E-state index contributed by atoms with van der Waals surface area (Å²) >= 11 is 7.11. The number of nitro groups is 1. The Morgan fingerprint density at radius 1 is 1.58 bits per heavy atom. The van der Waals surface area contributed by atoms with E-state index in [2.05, 4.69) is 10.3 Å². The number of thiazole rings is 1. The minimum Gasteiger partial charge on any atom is -0.374 e. The van der Waals surface area contributed by atoms with E-state index in [9.17, 15) is 14.5 Å². The van der Waals surface area contributed by atoms with Crippen molar-refractivity contribution in [3.05, 3.63) is 49.2 Å². The van der Waals surface area contributed by atoms with Crippen LogP contribution in [0.4, 0.5) is 15.8 Å². The number of nitrogens with one attached hydrogen (secondary N) is 1. The lowest BCUT2D eigenvalue weighted by atomic mass is 10.2. The van der Waals surface area contributed by atoms with Gasteiger partial charge in [-0.2, -0.15) is 0 Å². The highest BCUT2D eigenvalue weighted by Gasteiger charge is 2.17. The molecule has 0 aliphatic heterocycles. The standard InChI is InChI=1S/C11H9ClFN3O2S/c1-6-15-7(5-19-6)4-14-10-2-8(12)9(13)3-11(10)16(17)18/h2-3,5,14H,4H2,1H3. The first-order valence-corrected chi connectivity index (χ1v) is 6.51. The van der Waals surface area contributed by atoms with Crippen LogP contribution in [0.1, 0.15) is 10.7 Å². The predicted octanol–water partition coefficient (Wildman–Crippen LogP) is 3.76. The Hall–Kier alpha value is -1.73. The molecule has 5 nitrogen and oxygen atoms in total. The van der Waals surface area contributed by atoms with Crippen molar-refractivity contribution in [2.45, 2.75) is 13.5 Å². The van der Waals surface area contributed by atoms with Crippen molar-refractivity contribution in [3.63, 3.8) is 0 Å². The maximum Gasteiger partial charge on any atom is 0.295 e. The molecule has 8 heteroatoms. The molecule has 0 saturated carbocycles. The Morgan fingerprint density at radius 3 is 2.89 bits per heavy atom. The molecule has 19 heavy (non-hydrogen) atoms. The minimum absolute atomic E-state index is 0.164.